The molecule has 1 aliphatic heterocycles. The van der Waals surface area contributed by atoms with E-state index >= 15 is 0 Å². The number of rotatable bonds is 5. The van der Waals surface area contributed by atoms with Crippen LogP contribution >= 0.6 is 0 Å². The first-order chi connectivity index (χ1) is 6.84. The van der Waals surface area contributed by atoms with Crippen molar-refractivity contribution in [1.29, 1.82) is 0 Å². The van der Waals surface area contributed by atoms with Crippen molar-refractivity contribution in [3.63, 3.8) is 0 Å². The molecule has 2 N–H and O–H groups in total. The molecule has 2 fully saturated rings. The normalized spacial score (nSPS) is 26.4. The summed E-state index contributed by atoms with van der Waals surface area (Å²) in [6.07, 6.45) is 6.42. The largest absolute Gasteiger partial charge is 0.390 e. The third-order valence-electron chi connectivity index (χ3n) is 3.14. The first-order valence-electron chi connectivity index (χ1n) is 5.98. The van der Waals surface area contributed by atoms with Gasteiger partial charge in [0.05, 0.1) is 6.10 Å². The SMILES string of the molecule is O[C@@H](CNC1CC1)CN1CCCCC1. The van der Waals surface area contributed by atoms with Gasteiger partial charge < -0.3 is 15.3 Å². The zero-order valence-electron chi connectivity index (χ0n) is 8.91. The molecule has 0 unspecified atom stereocenters. The minimum Gasteiger partial charge on any atom is -0.390 e. The molecule has 0 aromatic heterocycles. The van der Waals surface area contributed by atoms with Crippen LogP contribution in [0, 0.1) is 0 Å². The summed E-state index contributed by atoms with van der Waals surface area (Å²) >= 11 is 0. The van der Waals surface area contributed by atoms with E-state index in [1.807, 2.05) is 0 Å². The average molecular weight is 198 g/mol. The van der Waals surface area contributed by atoms with Crippen LogP contribution in [0.2, 0.25) is 0 Å². The summed E-state index contributed by atoms with van der Waals surface area (Å²) in [5.41, 5.74) is 0. The quantitative estimate of drug-likeness (QED) is 0.678. The van der Waals surface area contributed by atoms with Gasteiger partial charge in [0.2, 0.25) is 0 Å². The second-order valence-electron chi connectivity index (χ2n) is 4.70. The number of nitrogens with one attached hydrogen (secondary N) is 1. The number of piperidine rings is 1. The second-order valence-corrected chi connectivity index (χ2v) is 4.70. The lowest BCUT2D eigenvalue weighted by Crippen LogP contribution is -2.41. The van der Waals surface area contributed by atoms with Crippen LogP contribution in [0.4, 0.5) is 0 Å². The van der Waals surface area contributed by atoms with Crippen LogP contribution in [-0.4, -0.2) is 48.3 Å². The second kappa shape index (κ2) is 5.10. The van der Waals surface area contributed by atoms with Gasteiger partial charge in [-0.3, -0.25) is 0 Å². The summed E-state index contributed by atoms with van der Waals surface area (Å²) in [5, 5.41) is 13.1. The van der Waals surface area contributed by atoms with Crippen molar-refractivity contribution in [2.45, 2.75) is 44.2 Å². The standard InChI is InChI=1S/C11H22N2O/c14-11(8-12-10-4-5-10)9-13-6-2-1-3-7-13/h10-12,14H,1-9H2/t11-/m0/s1. The number of likely N-dealkylation sites (tertiary alicyclic amines) is 1. The van der Waals surface area contributed by atoms with Crippen molar-refractivity contribution in [1.82, 2.24) is 10.2 Å². The highest BCUT2D eigenvalue weighted by atomic mass is 16.3. The van der Waals surface area contributed by atoms with Gasteiger partial charge in [-0.1, -0.05) is 6.42 Å². The lowest BCUT2D eigenvalue weighted by molar-refractivity contribution is 0.0999. The number of β-amino-alcohol motifs (C(OH)–C–C–N with tert-alkyl or cyclic N) is 1. The molecule has 0 bridgehead atoms. The molecule has 0 amide bonds. The zero-order chi connectivity index (χ0) is 9.80. The summed E-state index contributed by atoms with van der Waals surface area (Å²) in [5.74, 6) is 0. The highest BCUT2D eigenvalue weighted by Gasteiger charge is 2.22. The van der Waals surface area contributed by atoms with E-state index in [-0.39, 0.29) is 6.10 Å². The van der Waals surface area contributed by atoms with E-state index in [4.69, 9.17) is 0 Å². The van der Waals surface area contributed by atoms with Crippen LogP contribution in [0.25, 0.3) is 0 Å². The molecule has 3 heteroatoms. The Kier molecular flexibility index (Phi) is 3.79. The van der Waals surface area contributed by atoms with Crippen molar-refractivity contribution < 1.29 is 5.11 Å². The van der Waals surface area contributed by atoms with Crippen LogP contribution in [0.15, 0.2) is 0 Å². The summed E-state index contributed by atoms with van der Waals surface area (Å²) in [6, 6.07) is 0.714. The van der Waals surface area contributed by atoms with E-state index in [2.05, 4.69) is 10.2 Å². The smallest absolute Gasteiger partial charge is 0.0791 e. The zero-order valence-corrected chi connectivity index (χ0v) is 8.91. The fraction of sp³-hybridized carbons (Fsp3) is 1.00. The maximum absolute atomic E-state index is 9.77. The van der Waals surface area contributed by atoms with Gasteiger partial charge in [0.25, 0.3) is 0 Å². The molecule has 1 aliphatic carbocycles. The molecular weight excluding hydrogens is 176 g/mol. The first kappa shape index (κ1) is 10.4. The van der Waals surface area contributed by atoms with Gasteiger partial charge in [-0.05, 0) is 38.8 Å². The topological polar surface area (TPSA) is 35.5 Å². The number of nitrogens with zero attached hydrogens (tertiary/aromatic N) is 1. The molecule has 14 heavy (non-hydrogen) atoms. The van der Waals surface area contributed by atoms with Crippen molar-refractivity contribution in [3.8, 4) is 0 Å². The highest BCUT2D eigenvalue weighted by Crippen LogP contribution is 2.18. The van der Waals surface area contributed by atoms with Crippen LogP contribution in [0.1, 0.15) is 32.1 Å². The Morgan fingerprint density at radius 2 is 1.93 bits per heavy atom. The Labute approximate surface area is 86.5 Å². The Bertz CT molecular complexity index is 165. The van der Waals surface area contributed by atoms with E-state index < -0.39 is 0 Å². The molecule has 1 saturated heterocycles. The van der Waals surface area contributed by atoms with E-state index in [0.29, 0.717) is 6.04 Å². The van der Waals surface area contributed by atoms with E-state index in [1.165, 1.54) is 45.2 Å². The fourth-order valence-electron chi connectivity index (χ4n) is 2.09. The highest BCUT2D eigenvalue weighted by molar-refractivity contribution is 4.82. The average Bonchev–Trinajstić information content (AvgIpc) is 3.00. The lowest BCUT2D eigenvalue weighted by atomic mass is 10.1. The molecule has 1 saturated carbocycles. The van der Waals surface area contributed by atoms with Crippen LogP contribution < -0.4 is 5.32 Å². The van der Waals surface area contributed by atoms with Gasteiger partial charge >= 0.3 is 0 Å². The van der Waals surface area contributed by atoms with Crippen molar-refractivity contribution in [3.05, 3.63) is 0 Å². The molecule has 0 radical (unpaired) electrons. The summed E-state index contributed by atoms with van der Waals surface area (Å²) in [4.78, 5) is 2.39. The predicted molar refractivity (Wildman–Crippen MR) is 57.3 cm³/mol. The molecule has 1 heterocycles. The van der Waals surface area contributed by atoms with Crippen LogP contribution in [-0.2, 0) is 0 Å². The molecule has 2 aliphatic rings. The minimum absolute atomic E-state index is 0.173. The molecule has 0 aromatic carbocycles. The molecule has 1 atom stereocenters. The third-order valence-corrected chi connectivity index (χ3v) is 3.14. The number of aliphatic hydroxyl groups is 1. The molecular formula is C11H22N2O. The number of hydrogen-bond acceptors (Lipinski definition) is 3. The molecule has 3 nitrogen and oxygen atoms in total. The molecule has 2 rings (SSSR count). The Balaban J connectivity index is 1.57. The van der Waals surface area contributed by atoms with Gasteiger partial charge in [-0.2, -0.15) is 0 Å². The molecule has 82 valence electrons. The number of aliphatic hydroxyl groups excluding tert-OH is 1. The van der Waals surface area contributed by atoms with Gasteiger partial charge in [0.1, 0.15) is 0 Å². The van der Waals surface area contributed by atoms with Crippen LogP contribution in [0.5, 0.6) is 0 Å². The minimum atomic E-state index is -0.173. The van der Waals surface area contributed by atoms with E-state index in [9.17, 15) is 5.11 Å². The van der Waals surface area contributed by atoms with E-state index in [0.717, 1.165) is 13.1 Å². The molecule has 0 aromatic rings. The van der Waals surface area contributed by atoms with Crippen molar-refractivity contribution in [2.75, 3.05) is 26.2 Å². The monoisotopic (exact) mass is 198 g/mol. The van der Waals surface area contributed by atoms with Gasteiger partial charge in [-0.15, -0.1) is 0 Å². The summed E-state index contributed by atoms with van der Waals surface area (Å²) < 4.78 is 0. The summed E-state index contributed by atoms with van der Waals surface area (Å²) in [6.45, 7) is 4.00. The first-order valence-corrected chi connectivity index (χ1v) is 5.98. The van der Waals surface area contributed by atoms with Gasteiger partial charge in [0.15, 0.2) is 0 Å². The van der Waals surface area contributed by atoms with Gasteiger partial charge in [-0.25, -0.2) is 0 Å². The Hall–Kier alpha value is -0.120. The lowest BCUT2D eigenvalue weighted by Gasteiger charge is -2.28. The summed E-state index contributed by atoms with van der Waals surface area (Å²) in [7, 11) is 0. The number of hydrogen-bond donors (Lipinski definition) is 2. The Morgan fingerprint density at radius 3 is 2.57 bits per heavy atom. The maximum atomic E-state index is 9.77. The van der Waals surface area contributed by atoms with Crippen molar-refractivity contribution >= 4 is 0 Å². The van der Waals surface area contributed by atoms with Gasteiger partial charge in [0, 0.05) is 19.1 Å². The van der Waals surface area contributed by atoms with Crippen molar-refractivity contribution in [2.24, 2.45) is 0 Å². The predicted octanol–water partition coefficient (Wildman–Crippen LogP) is 0.585. The fourth-order valence-corrected chi connectivity index (χ4v) is 2.09. The maximum Gasteiger partial charge on any atom is 0.0791 e. The van der Waals surface area contributed by atoms with Crippen LogP contribution in [0.3, 0.4) is 0 Å². The van der Waals surface area contributed by atoms with E-state index in [1.54, 1.807) is 0 Å². The molecule has 0 spiro atoms. The Morgan fingerprint density at radius 1 is 1.21 bits per heavy atom. The third kappa shape index (κ3) is 3.56.